The number of fused-ring (bicyclic) bond motifs is 3. The Hall–Kier alpha value is -1.22. The first-order chi connectivity index (χ1) is 10.6. The summed E-state index contributed by atoms with van der Waals surface area (Å²) in [5, 5.41) is 10.4. The standard InChI is InChI=1S/C20H28O3/c1-6-12-9-14(21)17-13(11(12)2)7-8-16-19(3,4)18(23)15(22)10-20(16,17)5/h6,9,11,13,15-17,22H,1,7-8,10H2,2-5H3. The molecule has 3 nitrogen and oxygen atoms in total. The molecule has 0 aromatic carbocycles. The molecule has 0 aromatic rings. The lowest BCUT2D eigenvalue weighted by molar-refractivity contribution is -0.173. The summed E-state index contributed by atoms with van der Waals surface area (Å²) in [7, 11) is 0. The van der Waals surface area contributed by atoms with Gasteiger partial charge in [-0.1, -0.05) is 40.3 Å². The highest BCUT2D eigenvalue weighted by atomic mass is 16.3. The lowest BCUT2D eigenvalue weighted by Gasteiger charge is -2.60. The molecule has 3 aliphatic rings. The van der Waals surface area contributed by atoms with Gasteiger partial charge in [0.25, 0.3) is 0 Å². The van der Waals surface area contributed by atoms with E-state index in [0.29, 0.717) is 12.3 Å². The van der Waals surface area contributed by atoms with Gasteiger partial charge in [-0.2, -0.15) is 0 Å². The van der Waals surface area contributed by atoms with Crippen molar-refractivity contribution in [3.63, 3.8) is 0 Å². The van der Waals surface area contributed by atoms with Gasteiger partial charge in [0, 0.05) is 11.3 Å². The molecule has 0 amide bonds. The Balaban J connectivity index is 2.08. The van der Waals surface area contributed by atoms with Crippen molar-refractivity contribution in [2.45, 2.75) is 53.1 Å². The summed E-state index contributed by atoms with van der Waals surface area (Å²) in [5.41, 5.74) is 0.155. The number of aliphatic hydroxyl groups is 1. The van der Waals surface area contributed by atoms with Crippen LogP contribution in [0.15, 0.2) is 24.3 Å². The third kappa shape index (κ3) is 2.12. The molecular formula is C20H28O3. The van der Waals surface area contributed by atoms with Gasteiger partial charge in [-0.25, -0.2) is 0 Å². The van der Waals surface area contributed by atoms with E-state index in [0.717, 1.165) is 18.4 Å². The zero-order chi connectivity index (χ0) is 17.2. The van der Waals surface area contributed by atoms with Crippen LogP contribution in [0, 0.1) is 34.5 Å². The van der Waals surface area contributed by atoms with E-state index in [-0.39, 0.29) is 34.7 Å². The number of hydrogen-bond acceptors (Lipinski definition) is 3. The quantitative estimate of drug-likeness (QED) is 0.807. The Morgan fingerprint density at radius 3 is 2.52 bits per heavy atom. The monoisotopic (exact) mass is 316 g/mol. The Bertz CT molecular complexity index is 600. The highest BCUT2D eigenvalue weighted by Gasteiger charge is 2.62. The fourth-order valence-electron chi connectivity index (χ4n) is 6.08. The topological polar surface area (TPSA) is 54.4 Å². The van der Waals surface area contributed by atoms with Crippen LogP contribution < -0.4 is 0 Å². The van der Waals surface area contributed by atoms with Gasteiger partial charge >= 0.3 is 0 Å². The Kier molecular flexibility index (Phi) is 3.72. The van der Waals surface area contributed by atoms with Crippen molar-refractivity contribution in [3.8, 4) is 0 Å². The second kappa shape index (κ2) is 5.14. The predicted octanol–water partition coefficient (Wildman–Crippen LogP) is 3.33. The molecule has 2 fully saturated rings. The summed E-state index contributed by atoms with van der Waals surface area (Å²) in [4.78, 5) is 25.4. The molecule has 23 heavy (non-hydrogen) atoms. The third-order valence-corrected chi connectivity index (χ3v) is 7.18. The normalized spacial score (nSPS) is 45.8. The van der Waals surface area contributed by atoms with Crippen LogP contribution in [0.25, 0.3) is 0 Å². The lowest BCUT2D eigenvalue weighted by Crippen LogP contribution is -2.61. The maximum Gasteiger partial charge on any atom is 0.167 e. The molecule has 0 saturated heterocycles. The van der Waals surface area contributed by atoms with Crippen molar-refractivity contribution in [1.29, 1.82) is 0 Å². The van der Waals surface area contributed by atoms with Crippen LogP contribution in [0.5, 0.6) is 0 Å². The molecule has 3 aliphatic carbocycles. The van der Waals surface area contributed by atoms with Gasteiger partial charge in [0.2, 0.25) is 0 Å². The molecule has 0 bridgehead atoms. The van der Waals surface area contributed by atoms with E-state index in [1.165, 1.54) is 0 Å². The number of carbonyl (C=O) groups is 2. The molecular weight excluding hydrogens is 288 g/mol. The molecule has 0 heterocycles. The minimum atomic E-state index is -0.946. The van der Waals surface area contributed by atoms with Gasteiger partial charge in [-0.05, 0) is 54.1 Å². The maximum absolute atomic E-state index is 12.9. The zero-order valence-corrected chi connectivity index (χ0v) is 14.6. The highest BCUT2D eigenvalue weighted by molar-refractivity contribution is 5.96. The smallest absolute Gasteiger partial charge is 0.167 e. The van der Waals surface area contributed by atoms with Crippen LogP contribution in [-0.4, -0.2) is 22.8 Å². The van der Waals surface area contributed by atoms with Gasteiger partial charge in [-0.15, -0.1) is 0 Å². The first-order valence-corrected chi connectivity index (χ1v) is 8.75. The number of carbonyl (C=O) groups excluding carboxylic acids is 2. The van der Waals surface area contributed by atoms with Gasteiger partial charge in [0.1, 0.15) is 6.10 Å². The fourth-order valence-corrected chi connectivity index (χ4v) is 6.08. The Morgan fingerprint density at radius 2 is 1.91 bits per heavy atom. The van der Waals surface area contributed by atoms with Crippen molar-refractivity contribution in [2.75, 3.05) is 0 Å². The minimum Gasteiger partial charge on any atom is -0.385 e. The van der Waals surface area contributed by atoms with Gasteiger partial charge in [0.15, 0.2) is 11.6 Å². The largest absolute Gasteiger partial charge is 0.385 e. The van der Waals surface area contributed by atoms with Crippen LogP contribution in [0.3, 0.4) is 0 Å². The molecule has 2 saturated carbocycles. The predicted molar refractivity (Wildman–Crippen MR) is 89.7 cm³/mol. The maximum atomic E-state index is 12.9. The van der Waals surface area contributed by atoms with Gasteiger partial charge in [0.05, 0.1) is 0 Å². The minimum absolute atomic E-state index is 0.0583. The molecule has 0 radical (unpaired) electrons. The summed E-state index contributed by atoms with van der Waals surface area (Å²) in [6.45, 7) is 12.0. The molecule has 0 spiro atoms. The van der Waals surface area contributed by atoms with Gasteiger partial charge < -0.3 is 5.11 Å². The molecule has 6 atom stereocenters. The number of ketones is 2. The number of aliphatic hydroxyl groups excluding tert-OH is 1. The van der Waals surface area contributed by atoms with Crippen LogP contribution >= 0.6 is 0 Å². The van der Waals surface area contributed by atoms with Crippen LogP contribution in [-0.2, 0) is 9.59 Å². The van der Waals surface area contributed by atoms with E-state index in [4.69, 9.17) is 0 Å². The molecule has 1 N–H and O–H groups in total. The highest BCUT2D eigenvalue weighted by Crippen LogP contribution is 2.62. The van der Waals surface area contributed by atoms with Crippen molar-refractivity contribution < 1.29 is 14.7 Å². The van der Waals surface area contributed by atoms with E-state index in [9.17, 15) is 14.7 Å². The molecule has 6 unspecified atom stereocenters. The number of rotatable bonds is 1. The van der Waals surface area contributed by atoms with Crippen molar-refractivity contribution >= 4 is 11.6 Å². The van der Waals surface area contributed by atoms with E-state index in [1.807, 2.05) is 13.8 Å². The number of allylic oxidation sites excluding steroid dienone is 3. The van der Waals surface area contributed by atoms with Gasteiger partial charge in [-0.3, -0.25) is 9.59 Å². The SMILES string of the molecule is C=CC1=CC(=O)C2C(CCC3C(C)(C)C(=O)C(O)CC23C)C1C. The average Bonchev–Trinajstić information content (AvgIpc) is 2.47. The first-order valence-electron chi connectivity index (χ1n) is 8.75. The third-order valence-electron chi connectivity index (χ3n) is 7.18. The summed E-state index contributed by atoms with van der Waals surface area (Å²) >= 11 is 0. The van der Waals surface area contributed by atoms with Crippen LogP contribution in [0.1, 0.15) is 47.0 Å². The summed E-state index contributed by atoms with van der Waals surface area (Å²) in [5.74, 6) is 0.761. The zero-order valence-electron chi connectivity index (χ0n) is 14.6. The molecule has 3 rings (SSSR count). The van der Waals surface area contributed by atoms with E-state index < -0.39 is 11.5 Å². The molecule has 0 aliphatic heterocycles. The second-order valence-electron chi connectivity index (χ2n) is 8.62. The molecule has 126 valence electrons. The van der Waals surface area contributed by atoms with Crippen LogP contribution in [0.4, 0.5) is 0 Å². The lowest BCUT2D eigenvalue weighted by atomic mass is 9.43. The van der Waals surface area contributed by atoms with E-state index in [2.05, 4.69) is 20.4 Å². The van der Waals surface area contributed by atoms with Crippen molar-refractivity contribution in [2.24, 2.45) is 34.5 Å². The summed E-state index contributed by atoms with van der Waals surface area (Å²) in [6, 6.07) is 0. The number of Topliss-reactive ketones (excluding diaryl/α,β-unsaturated/α-hetero) is 1. The molecule has 3 heteroatoms. The summed E-state index contributed by atoms with van der Waals surface area (Å²) < 4.78 is 0. The van der Waals surface area contributed by atoms with E-state index in [1.54, 1.807) is 12.2 Å². The summed E-state index contributed by atoms with van der Waals surface area (Å²) in [6.07, 6.45) is 4.94. The van der Waals surface area contributed by atoms with E-state index >= 15 is 0 Å². The molecule has 0 aromatic heterocycles. The fraction of sp³-hybridized carbons (Fsp3) is 0.700. The van der Waals surface area contributed by atoms with Crippen LogP contribution in [0.2, 0.25) is 0 Å². The van der Waals surface area contributed by atoms with Crippen molar-refractivity contribution in [1.82, 2.24) is 0 Å². The van der Waals surface area contributed by atoms with Crippen molar-refractivity contribution in [3.05, 3.63) is 24.3 Å². The first kappa shape index (κ1) is 16.6. The second-order valence-corrected chi connectivity index (χ2v) is 8.62. The average molecular weight is 316 g/mol. The Morgan fingerprint density at radius 1 is 1.26 bits per heavy atom. The Labute approximate surface area is 138 Å². The number of hydrogen-bond donors (Lipinski definition) is 1.